The molecule has 0 saturated carbocycles. The first-order valence-corrected chi connectivity index (χ1v) is 11.3. The number of allylic oxidation sites excluding steroid dienone is 1. The highest BCUT2D eigenvalue weighted by molar-refractivity contribution is 7.10. The molecule has 2 atom stereocenters. The number of benzene rings is 2. The first-order valence-electron chi connectivity index (χ1n) is 10.5. The Morgan fingerprint density at radius 3 is 2.79 bits per heavy atom. The standard InChI is InChI=1S/C26H23FN4OS/c1-26(23-14-20(16-33-23)19-9-3-8-18(12-19)15-28)22(24(32)31(2)25(29)30-26)11-5-7-17-6-4-10-21(27)13-17/h3-10,12-14,16,22H,11H2,1-2H3,(H2,29,30)/t22?,26-/m0/s1. The van der Waals surface area contributed by atoms with Crippen LogP contribution in [0, 0.1) is 23.1 Å². The van der Waals surface area contributed by atoms with Crippen LogP contribution in [0.3, 0.4) is 0 Å². The molecule has 7 heteroatoms. The molecule has 3 aromatic rings. The monoisotopic (exact) mass is 458 g/mol. The summed E-state index contributed by atoms with van der Waals surface area (Å²) in [5, 5.41) is 11.2. The zero-order chi connectivity index (χ0) is 23.6. The van der Waals surface area contributed by atoms with Gasteiger partial charge in [0.05, 0.1) is 17.6 Å². The quantitative estimate of drug-likeness (QED) is 0.574. The lowest BCUT2D eigenvalue weighted by Crippen LogP contribution is -2.53. The van der Waals surface area contributed by atoms with Crippen molar-refractivity contribution < 1.29 is 9.18 Å². The van der Waals surface area contributed by atoms with Gasteiger partial charge in [0, 0.05) is 11.9 Å². The van der Waals surface area contributed by atoms with Gasteiger partial charge in [-0.15, -0.1) is 11.3 Å². The number of hydrogen-bond donors (Lipinski definition) is 1. The van der Waals surface area contributed by atoms with E-state index in [0.717, 1.165) is 21.6 Å². The maximum atomic E-state index is 13.5. The van der Waals surface area contributed by atoms with Crippen LogP contribution in [0.1, 0.15) is 29.3 Å². The summed E-state index contributed by atoms with van der Waals surface area (Å²) >= 11 is 1.51. The van der Waals surface area contributed by atoms with Gasteiger partial charge < -0.3 is 5.73 Å². The molecule has 0 saturated heterocycles. The number of thiophene rings is 1. The maximum Gasteiger partial charge on any atom is 0.235 e. The molecule has 0 bridgehead atoms. The molecular formula is C26H23FN4OS. The maximum absolute atomic E-state index is 13.5. The summed E-state index contributed by atoms with van der Waals surface area (Å²) in [4.78, 5) is 20.3. The predicted octanol–water partition coefficient (Wildman–Crippen LogP) is 5.15. The van der Waals surface area contributed by atoms with Crippen molar-refractivity contribution in [3.05, 3.63) is 87.9 Å². The van der Waals surface area contributed by atoms with Crippen LogP contribution in [0.5, 0.6) is 0 Å². The molecule has 1 aliphatic heterocycles. The minimum atomic E-state index is -0.851. The summed E-state index contributed by atoms with van der Waals surface area (Å²) in [6.45, 7) is 1.92. The fraction of sp³-hybridized carbons (Fsp3) is 0.192. The third-order valence-electron chi connectivity index (χ3n) is 5.95. The van der Waals surface area contributed by atoms with Gasteiger partial charge in [0.25, 0.3) is 0 Å². The van der Waals surface area contributed by atoms with E-state index in [1.165, 1.54) is 28.4 Å². The SMILES string of the molecule is CN1C(=O)C(CC=Cc2cccc(F)c2)[C@@](C)(c2cc(-c3cccc(C#N)c3)cs2)N=C1N. The molecule has 4 rings (SSSR count). The Morgan fingerprint density at radius 2 is 2.03 bits per heavy atom. The summed E-state index contributed by atoms with van der Waals surface area (Å²) in [6, 6.07) is 17.9. The van der Waals surface area contributed by atoms with Crippen molar-refractivity contribution in [1.82, 2.24) is 4.90 Å². The fourth-order valence-corrected chi connectivity index (χ4v) is 5.09. The van der Waals surface area contributed by atoms with E-state index in [1.54, 1.807) is 19.2 Å². The van der Waals surface area contributed by atoms with E-state index in [4.69, 9.17) is 10.7 Å². The first-order chi connectivity index (χ1) is 15.8. The zero-order valence-corrected chi connectivity index (χ0v) is 19.1. The number of rotatable bonds is 5. The van der Waals surface area contributed by atoms with E-state index in [0.29, 0.717) is 12.0 Å². The molecule has 0 spiro atoms. The van der Waals surface area contributed by atoms with Crippen LogP contribution < -0.4 is 5.73 Å². The van der Waals surface area contributed by atoms with E-state index in [2.05, 4.69) is 6.07 Å². The van der Waals surface area contributed by atoms with Gasteiger partial charge in [0.2, 0.25) is 5.91 Å². The Balaban J connectivity index is 1.68. The lowest BCUT2D eigenvalue weighted by atomic mass is 9.79. The van der Waals surface area contributed by atoms with Crippen LogP contribution in [0.2, 0.25) is 0 Å². The molecule has 33 heavy (non-hydrogen) atoms. The summed E-state index contributed by atoms with van der Waals surface area (Å²) in [5.41, 5.74) is 8.45. The molecule has 2 N–H and O–H groups in total. The van der Waals surface area contributed by atoms with Crippen LogP contribution >= 0.6 is 11.3 Å². The van der Waals surface area contributed by atoms with Crippen LogP contribution in [0.15, 0.2) is 71.0 Å². The van der Waals surface area contributed by atoms with E-state index >= 15 is 0 Å². The second-order valence-corrected chi connectivity index (χ2v) is 9.06. The molecule has 1 aromatic heterocycles. The molecule has 5 nitrogen and oxygen atoms in total. The lowest BCUT2D eigenvalue weighted by molar-refractivity contribution is -0.133. The molecule has 2 aromatic carbocycles. The summed E-state index contributed by atoms with van der Waals surface area (Å²) < 4.78 is 13.5. The number of nitriles is 1. The summed E-state index contributed by atoms with van der Waals surface area (Å²) in [7, 11) is 1.62. The van der Waals surface area contributed by atoms with Gasteiger partial charge in [-0.2, -0.15) is 5.26 Å². The van der Waals surface area contributed by atoms with Crippen LogP contribution in [0.4, 0.5) is 4.39 Å². The van der Waals surface area contributed by atoms with Crippen molar-refractivity contribution in [2.75, 3.05) is 7.05 Å². The number of guanidine groups is 1. The molecule has 166 valence electrons. The van der Waals surface area contributed by atoms with Gasteiger partial charge in [-0.3, -0.25) is 9.69 Å². The normalized spacial score (nSPS) is 20.7. The highest BCUT2D eigenvalue weighted by Gasteiger charge is 2.46. The number of nitrogens with two attached hydrogens (primary N) is 1. The highest BCUT2D eigenvalue weighted by Crippen LogP contribution is 2.44. The largest absolute Gasteiger partial charge is 0.369 e. The molecule has 0 aliphatic carbocycles. The van der Waals surface area contributed by atoms with Gasteiger partial charge in [0.1, 0.15) is 11.4 Å². The van der Waals surface area contributed by atoms with E-state index in [-0.39, 0.29) is 17.7 Å². The van der Waals surface area contributed by atoms with Gasteiger partial charge in [0.15, 0.2) is 5.96 Å². The van der Waals surface area contributed by atoms with Crippen molar-refractivity contribution in [3.63, 3.8) is 0 Å². The Hall–Kier alpha value is -3.76. The molecule has 0 radical (unpaired) electrons. The number of amides is 1. The zero-order valence-electron chi connectivity index (χ0n) is 18.3. The number of aliphatic imine (C=N–C) groups is 1. The minimum Gasteiger partial charge on any atom is -0.369 e. The molecule has 1 unspecified atom stereocenters. The van der Waals surface area contributed by atoms with Crippen molar-refractivity contribution in [3.8, 4) is 17.2 Å². The van der Waals surface area contributed by atoms with Crippen molar-refractivity contribution in [2.45, 2.75) is 18.9 Å². The molecule has 1 amide bonds. The number of hydrogen-bond acceptors (Lipinski definition) is 5. The van der Waals surface area contributed by atoms with Gasteiger partial charge in [-0.1, -0.05) is 36.4 Å². The number of carbonyl (C=O) groups is 1. The third-order valence-corrected chi connectivity index (χ3v) is 7.11. The topological polar surface area (TPSA) is 82.5 Å². The number of nitrogens with zero attached hydrogens (tertiary/aromatic N) is 3. The Bertz CT molecular complexity index is 1310. The van der Waals surface area contributed by atoms with Crippen molar-refractivity contribution >= 4 is 29.3 Å². The van der Waals surface area contributed by atoms with E-state index < -0.39 is 11.5 Å². The molecular weight excluding hydrogens is 435 g/mol. The highest BCUT2D eigenvalue weighted by atomic mass is 32.1. The fourth-order valence-electron chi connectivity index (χ4n) is 4.01. The van der Waals surface area contributed by atoms with Crippen molar-refractivity contribution in [1.29, 1.82) is 5.26 Å². The smallest absolute Gasteiger partial charge is 0.235 e. The van der Waals surface area contributed by atoms with Gasteiger partial charge in [-0.05, 0) is 65.7 Å². The second kappa shape index (κ2) is 9.00. The first kappa shape index (κ1) is 22.4. The number of halogens is 1. The molecule has 1 aliphatic rings. The average Bonchev–Trinajstić information content (AvgIpc) is 3.31. The van der Waals surface area contributed by atoms with Crippen LogP contribution in [0.25, 0.3) is 17.2 Å². The molecule has 0 fully saturated rings. The predicted molar refractivity (Wildman–Crippen MR) is 130 cm³/mol. The van der Waals surface area contributed by atoms with Gasteiger partial charge >= 0.3 is 0 Å². The van der Waals surface area contributed by atoms with E-state index in [9.17, 15) is 14.4 Å². The van der Waals surface area contributed by atoms with Crippen molar-refractivity contribution in [2.24, 2.45) is 16.6 Å². The summed E-state index contributed by atoms with van der Waals surface area (Å²) in [5.74, 6) is -0.722. The molecule has 2 heterocycles. The third kappa shape index (κ3) is 4.43. The lowest BCUT2D eigenvalue weighted by Gasteiger charge is -2.39. The Morgan fingerprint density at radius 1 is 1.24 bits per heavy atom. The number of carbonyl (C=O) groups excluding carboxylic acids is 1. The summed E-state index contributed by atoms with van der Waals surface area (Å²) in [6.07, 6.45) is 4.11. The average molecular weight is 459 g/mol. The Labute approximate surface area is 196 Å². The van der Waals surface area contributed by atoms with E-state index in [1.807, 2.05) is 54.8 Å². The minimum absolute atomic E-state index is 0.115. The Kier molecular flexibility index (Phi) is 6.12. The van der Waals surface area contributed by atoms with Gasteiger partial charge in [-0.25, -0.2) is 9.38 Å². The second-order valence-electron chi connectivity index (χ2n) is 8.15. The van der Waals surface area contributed by atoms with Crippen LogP contribution in [-0.2, 0) is 10.3 Å². The van der Waals surface area contributed by atoms with Crippen LogP contribution in [-0.4, -0.2) is 23.8 Å².